The lowest BCUT2D eigenvalue weighted by molar-refractivity contribution is -0.141. The topological polar surface area (TPSA) is 135 Å². The Labute approximate surface area is 233 Å². The molecule has 2 heterocycles. The number of carbonyl (C=O) groups excluding carboxylic acids is 4. The maximum atomic E-state index is 12.7. The molecule has 10 heteroatoms. The Morgan fingerprint density at radius 2 is 1.69 bits per heavy atom. The average molecular weight is 546 g/mol. The normalized spacial score (nSPS) is 19.2. The number of Topliss-reactive ketones (excluding diaryl/α,β-unsaturated/α-hetero) is 1. The van der Waals surface area contributed by atoms with Crippen LogP contribution in [0.3, 0.4) is 0 Å². The summed E-state index contributed by atoms with van der Waals surface area (Å²) in [7, 11) is 1.67. The minimum atomic E-state index is -0.875. The van der Waals surface area contributed by atoms with Crippen LogP contribution in [0.25, 0.3) is 0 Å². The van der Waals surface area contributed by atoms with Crippen molar-refractivity contribution in [2.24, 2.45) is 5.92 Å². The van der Waals surface area contributed by atoms with Crippen LogP contribution in [0.2, 0.25) is 0 Å². The highest BCUT2D eigenvalue weighted by molar-refractivity contribution is 5.97. The van der Waals surface area contributed by atoms with E-state index >= 15 is 0 Å². The van der Waals surface area contributed by atoms with Crippen molar-refractivity contribution in [2.45, 2.75) is 44.9 Å². The first-order valence-corrected chi connectivity index (χ1v) is 12.9. The van der Waals surface area contributed by atoms with E-state index in [0.717, 1.165) is 11.3 Å². The number of amides is 3. The van der Waals surface area contributed by atoms with Gasteiger partial charge in [0.25, 0.3) is 0 Å². The van der Waals surface area contributed by atoms with Crippen LogP contribution in [-0.4, -0.2) is 74.7 Å². The molecule has 3 atom stereocenters. The predicted molar refractivity (Wildman–Crippen MR) is 150 cm³/mol. The van der Waals surface area contributed by atoms with Crippen molar-refractivity contribution in [1.29, 1.82) is 0 Å². The Morgan fingerprint density at radius 3 is 2.23 bits per heavy atom. The van der Waals surface area contributed by atoms with Crippen molar-refractivity contribution in [3.63, 3.8) is 0 Å². The maximum absolute atomic E-state index is 12.7. The molecule has 0 unspecified atom stereocenters. The van der Waals surface area contributed by atoms with Crippen LogP contribution in [0, 0.1) is 12.8 Å². The fourth-order valence-corrected chi connectivity index (χ4v) is 3.70. The van der Waals surface area contributed by atoms with Crippen molar-refractivity contribution in [3.05, 3.63) is 65.7 Å². The van der Waals surface area contributed by atoms with Crippen LogP contribution in [-0.2, 0) is 35.1 Å². The van der Waals surface area contributed by atoms with Gasteiger partial charge in [-0.1, -0.05) is 48.0 Å². The molecule has 3 amide bonds. The number of carbonyl (C=O) groups is 4. The van der Waals surface area contributed by atoms with E-state index in [9.17, 15) is 19.2 Å². The number of hydrogen-bond donors (Lipinski definition) is 3. The lowest BCUT2D eigenvalue weighted by Gasteiger charge is -2.26. The molecule has 2 saturated heterocycles. The molecular formula is C29H43N3O7. The van der Waals surface area contributed by atoms with Gasteiger partial charge in [0.1, 0.15) is 17.4 Å². The Balaban J connectivity index is 0.00000121. The van der Waals surface area contributed by atoms with E-state index in [4.69, 9.17) is 14.2 Å². The predicted octanol–water partition coefficient (Wildman–Crippen LogP) is 2.08. The van der Waals surface area contributed by atoms with Crippen LogP contribution in [0.1, 0.15) is 29.3 Å². The smallest absolute Gasteiger partial charge is 0.242 e. The van der Waals surface area contributed by atoms with Gasteiger partial charge in [0.15, 0.2) is 5.78 Å². The highest BCUT2D eigenvalue weighted by atomic mass is 16.6. The summed E-state index contributed by atoms with van der Waals surface area (Å²) in [6, 6.07) is 15.8. The molecule has 2 fully saturated rings. The van der Waals surface area contributed by atoms with Crippen LogP contribution in [0.5, 0.6) is 5.75 Å². The quantitative estimate of drug-likeness (QED) is 0.368. The number of aryl methyl sites for hydroxylation is 1. The second-order valence-corrected chi connectivity index (χ2v) is 9.89. The first kappa shape index (κ1) is 29.8. The standard InChI is InChI=1S/C21H27N3O6.C8H10O.3H2/c1-13(23-20(28)15-10-29-11-15)19(27)22-9-17(25)24-16(18(26)21(2)12-30-21)8-14-6-4-3-5-7-14;1-7-3-5-8(9-2)6-4-7;;;/h3-7,13,15-16H,8-12H2,1-2H3,(H,22,27)(H,23,28)(H,24,25);3-6H,1-2H3;3*1H/t13-,16-,21+;;;;/m0..../s1. The summed E-state index contributed by atoms with van der Waals surface area (Å²) in [6.07, 6.45) is 0.328. The number of methoxy groups -OCH3 is 1. The summed E-state index contributed by atoms with van der Waals surface area (Å²) >= 11 is 0. The van der Waals surface area contributed by atoms with Gasteiger partial charge in [-0.05, 0) is 44.9 Å². The number of benzene rings is 2. The third kappa shape index (κ3) is 9.19. The van der Waals surface area contributed by atoms with Gasteiger partial charge in [-0.15, -0.1) is 0 Å². The summed E-state index contributed by atoms with van der Waals surface area (Å²) in [5.41, 5.74) is 1.29. The van der Waals surface area contributed by atoms with Crippen LogP contribution < -0.4 is 20.7 Å². The average Bonchev–Trinajstić information content (AvgIpc) is 3.65. The molecular weight excluding hydrogens is 502 g/mol. The number of hydrogen-bond acceptors (Lipinski definition) is 7. The molecule has 2 aliphatic rings. The third-order valence-electron chi connectivity index (χ3n) is 6.47. The van der Waals surface area contributed by atoms with Gasteiger partial charge in [0.05, 0.1) is 45.4 Å². The second kappa shape index (κ2) is 13.9. The van der Waals surface area contributed by atoms with Crippen molar-refractivity contribution in [3.8, 4) is 5.75 Å². The van der Waals surface area contributed by atoms with E-state index in [1.165, 1.54) is 12.5 Å². The Bertz CT molecular complexity index is 1140. The van der Waals surface area contributed by atoms with E-state index in [-0.39, 0.29) is 28.4 Å². The van der Waals surface area contributed by atoms with E-state index in [2.05, 4.69) is 22.9 Å². The maximum Gasteiger partial charge on any atom is 0.242 e. The molecule has 2 aromatic carbocycles. The van der Waals surface area contributed by atoms with Gasteiger partial charge < -0.3 is 30.2 Å². The molecule has 216 valence electrons. The molecule has 39 heavy (non-hydrogen) atoms. The van der Waals surface area contributed by atoms with Crippen molar-refractivity contribution >= 4 is 23.5 Å². The van der Waals surface area contributed by atoms with E-state index in [0.29, 0.717) is 26.2 Å². The van der Waals surface area contributed by atoms with Crippen LogP contribution in [0.4, 0.5) is 0 Å². The zero-order valence-electron chi connectivity index (χ0n) is 22.8. The minimum Gasteiger partial charge on any atom is -0.497 e. The molecule has 2 aliphatic heterocycles. The van der Waals surface area contributed by atoms with E-state index in [1.807, 2.05) is 54.6 Å². The molecule has 0 saturated carbocycles. The summed E-state index contributed by atoms with van der Waals surface area (Å²) in [4.78, 5) is 49.2. The van der Waals surface area contributed by atoms with E-state index in [1.54, 1.807) is 14.0 Å². The monoisotopic (exact) mass is 545 g/mol. The van der Waals surface area contributed by atoms with Gasteiger partial charge in [0, 0.05) is 4.28 Å². The molecule has 4 rings (SSSR count). The molecule has 0 aromatic heterocycles. The van der Waals surface area contributed by atoms with Gasteiger partial charge in [0.2, 0.25) is 17.7 Å². The Kier molecular flexibility index (Phi) is 10.6. The largest absolute Gasteiger partial charge is 0.497 e. The molecule has 2 aromatic rings. The molecule has 0 spiro atoms. The summed E-state index contributed by atoms with van der Waals surface area (Å²) in [5, 5.41) is 7.77. The Hall–Kier alpha value is -3.76. The highest BCUT2D eigenvalue weighted by Crippen LogP contribution is 2.29. The van der Waals surface area contributed by atoms with Crippen LogP contribution in [0.15, 0.2) is 54.6 Å². The Morgan fingerprint density at radius 1 is 1.05 bits per heavy atom. The number of epoxide rings is 1. The number of ether oxygens (including phenoxy) is 3. The van der Waals surface area contributed by atoms with Crippen molar-refractivity contribution in [1.82, 2.24) is 16.0 Å². The first-order valence-electron chi connectivity index (χ1n) is 12.9. The fourth-order valence-electron chi connectivity index (χ4n) is 3.70. The SMILES string of the molecule is COc1ccc(C)cc1.C[C@H](NC(=O)C1COC1)C(=O)NCC(=O)N[C@@H](Cc1ccccc1)C(=O)[C@@]1(C)CO1.[HH].[HH].[HH]. The van der Waals surface area contributed by atoms with Gasteiger partial charge in [-0.3, -0.25) is 19.2 Å². The van der Waals surface area contributed by atoms with Crippen molar-refractivity contribution < 1.29 is 37.7 Å². The van der Waals surface area contributed by atoms with Gasteiger partial charge >= 0.3 is 0 Å². The van der Waals surface area contributed by atoms with Crippen LogP contribution >= 0.6 is 0 Å². The molecule has 10 nitrogen and oxygen atoms in total. The fraction of sp³-hybridized carbons (Fsp3) is 0.448. The molecule has 0 bridgehead atoms. The molecule has 0 aliphatic carbocycles. The second-order valence-electron chi connectivity index (χ2n) is 9.89. The number of rotatable bonds is 11. The zero-order chi connectivity index (χ0) is 28.4. The summed E-state index contributed by atoms with van der Waals surface area (Å²) in [6.45, 7) is 6.01. The number of nitrogens with one attached hydrogen (secondary N) is 3. The number of ketones is 1. The lowest BCUT2D eigenvalue weighted by atomic mass is 9.95. The summed E-state index contributed by atoms with van der Waals surface area (Å²) in [5.74, 6) is -0.746. The van der Waals surface area contributed by atoms with Gasteiger partial charge in [-0.2, -0.15) is 0 Å². The molecule has 0 radical (unpaired) electrons. The van der Waals surface area contributed by atoms with Crippen molar-refractivity contribution in [2.75, 3.05) is 33.5 Å². The molecule has 3 N–H and O–H groups in total. The lowest BCUT2D eigenvalue weighted by Crippen LogP contribution is -2.53. The van der Waals surface area contributed by atoms with Gasteiger partial charge in [-0.25, -0.2) is 0 Å². The highest BCUT2D eigenvalue weighted by Gasteiger charge is 2.50. The summed E-state index contributed by atoms with van der Waals surface area (Å²) < 4.78 is 15.2. The third-order valence-corrected chi connectivity index (χ3v) is 6.47. The minimum absolute atomic E-state index is 0. The van der Waals surface area contributed by atoms with E-state index < -0.39 is 29.5 Å². The first-order chi connectivity index (χ1) is 18.6. The zero-order valence-corrected chi connectivity index (χ0v) is 22.8.